The molecule has 0 saturated carbocycles. The van der Waals surface area contributed by atoms with E-state index < -0.39 is 5.97 Å². The average molecular weight is 372 g/mol. The molecule has 26 heavy (non-hydrogen) atoms. The van der Waals surface area contributed by atoms with Crippen molar-refractivity contribution in [2.75, 3.05) is 25.4 Å². The lowest BCUT2D eigenvalue weighted by molar-refractivity contribution is -0.137. The highest BCUT2D eigenvalue weighted by Gasteiger charge is 2.22. The van der Waals surface area contributed by atoms with Crippen molar-refractivity contribution in [3.63, 3.8) is 0 Å². The number of thioether (sulfide) groups is 1. The number of rotatable bonds is 6. The van der Waals surface area contributed by atoms with Crippen LogP contribution in [0.15, 0.2) is 42.5 Å². The molecule has 1 saturated heterocycles. The number of aliphatic carboxylic acids is 1. The van der Waals surface area contributed by atoms with Gasteiger partial charge in [-0.15, -0.1) is 0 Å². The van der Waals surface area contributed by atoms with Crippen molar-refractivity contribution in [2.45, 2.75) is 25.5 Å². The van der Waals surface area contributed by atoms with Crippen molar-refractivity contribution in [3.8, 4) is 11.5 Å². The summed E-state index contributed by atoms with van der Waals surface area (Å²) in [5.74, 6) is 2.04. The van der Waals surface area contributed by atoms with Gasteiger partial charge in [-0.2, -0.15) is 11.8 Å². The van der Waals surface area contributed by atoms with Gasteiger partial charge in [-0.05, 0) is 48.7 Å². The number of hydrogen-bond acceptors (Lipinski definition) is 4. The number of aryl methyl sites for hydroxylation is 1. The number of hydrogen-bond donors (Lipinski definition) is 1. The summed E-state index contributed by atoms with van der Waals surface area (Å²) >= 11 is 1.94. The molecule has 1 N–H and O–H groups in total. The Balaban J connectivity index is 1.63. The molecule has 0 amide bonds. The molecule has 0 aliphatic carbocycles. The molecule has 0 aromatic heterocycles. The number of carboxylic acids is 1. The van der Waals surface area contributed by atoms with Gasteiger partial charge < -0.3 is 14.7 Å². The molecule has 2 aromatic rings. The smallest absolute Gasteiger partial charge is 0.304 e. The van der Waals surface area contributed by atoms with E-state index in [1.807, 2.05) is 36.0 Å². The first kappa shape index (κ1) is 18.8. The molecule has 2 aromatic carbocycles. The van der Waals surface area contributed by atoms with Crippen LogP contribution in [0.25, 0.3) is 0 Å². The lowest BCUT2D eigenvalue weighted by Gasteiger charge is -2.32. The van der Waals surface area contributed by atoms with Crippen LogP contribution in [0.3, 0.4) is 0 Å². The van der Waals surface area contributed by atoms with Crippen molar-refractivity contribution < 1.29 is 14.6 Å². The largest absolute Gasteiger partial charge is 0.481 e. The number of nitrogens with zero attached hydrogens (tertiary/aromatic N) is 1. The average Bonchev–Trinajstić information content (AvgIpc) is 2.65. The summed E-state index contributed by atoms with van der Waals surface area (Å²) in [7, 11) is 0. The van der Waals surface area contributed by atoms with E-state index in [1.54, 1.807) is 0 Å². The summed E-state index contributed by atoms with van der Waals surface area (Å²) in [4.78, 5) is 13.0. The number of ether oxygens (including phenoxy) is 1. The molecule has 1 fully saturated rings. The van der Waals surface area contributed by atoms with Gasteiger partial charge in [-0.25, -0.2) is 0 Å². The minimum Gasteiger partial charge on any atom is -0.481 e. The molecule has 0 radical (unpaired) electrons. The second-order valence-electron chi connectivity index (χ2n) is 6.67. The Kier molecular flexibility index (Phi) is 6.22. The van der Waals surface area contributed by atoms with E-state index in [-0.39, 0.29) is 6.42 Å². The molecule has 1 aliphatic rings. The number of benzene rings is 2. The van der Waals surface area contributed by atoms with Crippen LogP contribution < -0.4 is 4.74 Å². The third-order valence-electron chi connectivity index (χ3n) is 4.83. The summed E-state index contributed by atoms with van der Waals surface area (Å²) < 4.78 is 6.04. The lowest BCUT2D eigenvalue weighted by atomic mass is 10.1. The molecule has 1 unspecified atom stereocenters. The molecule has 4 nitrogen and oxygen atoms in total. The van der Waals surface area contributed by atoms with Gasteiger partial charge in [0.15, 0.2) is 0 Å². The van der Waals surface area contributed by atoms with Gasteiger partial charge in [0.05, 0.1) is 6.42 Å². The fourth-order valence-corrected chi connectivity index (χ4v) is 4.39. The normalized spacial score (nSPS) is 17.8. The van der Waals surface area contributed by atoms with Crippen molar-refractivity contribution in [3.05, 3.63) is 59.2 Å². The highest BCUT2D eigenvalue weighted by Crippen LogP contribution is 2.35. The Hall–Kier alpha value is -1.98. The van der Waals surface area contributed by atoms with Crippen LogP contribution in [0.2, 0.25) is 0 Å². The fraction of sp³-hybridized carbons (Fsp3) is 0.381. The molecule has 0 bridgehead atoms. The van der Waals surface area contributed by atoms with Crippen LogP contribution >= 0.6 is 11.8 Å². The first-order valence-electron chi connectivity index (χ1n) is 8.92. The number of carboxylic acid groups (broad SMARTS) is 1. The maximum atomic E-state index is 10.8. The van der Waals surface area contributed by atoms with Gasteiger partial charge in [0.2, 0.25) is 0 Å². The third kappa shape index (κ3) is 4.80. The lowest BCUT2D eigenvalue weighted by Crippen LogP contribution is -2.35. The maximum absolute atomic E-state index is 10.8. The zero-order valence-electron chi connectivity index (χ0n) is 15.3. The van der Waals surface area contributed by atoms with Crippen molar-refractivity contribution >= 4 is 17.7 Å². The van der Waals surface area contributed by atoms with Crippen LogP contribution in [0.5, 0.6) is 11.5 Å². The molecule has 0 spiro atoms. The molecule has 138 valence electrons. The third-order valence-corrected chi connectivity index (χ3v) is 6.07. The first-order chi connectivity index (χ1) is 12.5. The fourth-order valence-electron chi connectivity index (χ4n) is 3.07. The van der Waals surface area contributed by atoms with Gasteiger partial charge >= 0.3 is 5.97 Å². The van der Waals surface area contributed by atoms with Crippen molar-refractivity contribution in [1.29, 1.82) is 0 Å². The van der Waals surface area contributed by atoms with Gasteiger partial charge in [-0.3, -0.25) is 4.79 Å². The van der Waals surface area contributed by atoms with Gasteiger partial charge in [0.1, 0.15) is 11.5 Å². The zero-order chi connectivity index (χ0) is 18.5. The van der Waals surface area contributed by atoms with Crippen LogP contribution in [0, 0.1) is 13.8 Å². The second-order valence-corrected chi connectivity index (χ2v) is 7.98. The number of carbonyl (C=O) groups is 1. The van der Waals surface area contributed by atoms with E-state index in [1.165, 1.54) is 11.1 Å². The standard InChI is InChI=1S/C21H25NO3S/c1-15-4-3-5-19(16(15)2)25-18-8-6-17(7-9-18)20-14-22(12-13-26-20)11-10-21(23)24/h3-9,20H,10-14H2,1-2H3,(H,23,24). The molecule has 5 heteroatoms. The van der Waals surface area contributed by atoms with E-state index in [4.69, 9.17) is 9.84 Å². The predicted molar refractivity (Wildman–Crippen MR) is 106 cm³/mol. The Morgan fingerprint density at radius 3 is 2.73 bits per heavy atom. The molecular weight excluding hydrogens is 346 g/mol. The van der Waals surface area contributed by atoms with E-state index >= 15 is 0 Å². The Bertz CT molecular complexity index is 760. The van der Waals surface area contributed by atoms with Crippen molar-refractivity contribution in [1.82, 2.24) is 4.90 Å². The van der Waals surface area contributed by atoms with E-state index in [9.17, 15) is 4.79 Å². The molecule has 3 rings (SSSR count). The predicted octanol–water partition coefficient (Wildman–Crippen LogP) is 4.66. The topological polar surface area (TPSA) is 49.8 Å². The van der Waals surface area contributed by atoms with Gasteiger partial charge in [-0.1, -0.05) is 24.3 Å². The van der Waals surface area contributed by atoms with Crippen LogP contribution in [0.4, 0.5) is 0 Å². The second kappa shape index (κ2) is 8.60. The monoisotopic (exact) mass is 371 g/mol. The van der Waals surface area contributed by atoms with Gasteiger partial charge in [0.25, 0.3) is 0 Å². The van der Waals surface area contributed by atoms with E-state index in [0.717, 1.165) is 35.9 Å². The summed E-state index contributed by atoms with van der Waals surface area (Å²) in [5, 5.41) is 9.25. The highest BCUT2D eigenvalue weighted by atomic mass is 32.2. The minimum absolute atomic E-state index is 0.208. The van der Waals surface area contributed by atoms with E-state index in [0.29, 0.717) is 11.8 Å². The maximum Gasteiger partial charge on any atom is 0.304 e. The molecule has 1 heterocycles. The first-order valence-corrected chi connectivity index (χ1v) is 9.97. The molecular formula is C21H25NO3S. The van der Waals surface area contributed by atoms with Crippen LogP contribution in [-0.2, 0) is 4.79 Å². The van der Waals surface area contributed by atoms with Crippen LogP contribution in [-0.4, -0.2) is 41.4 Å². The summed E-state index contributed by atoms with van der Waals surface area (Å²) in [6, 6.07) is 14.4. The van der Waals surface area contributed by atoms with Crippen LogP contribution in [0.1, 0.15) is 28.4 Å². The van der Waals surface area contributed by atoms with E-state index in [2.05, 4.69) is 36.9 Å². The summed E-state index contributed by atoms with van der Waals surface area (Å²) in [6.07, 6.45) is 0.208. The molecule has 1 atom stereocenters. The minimum atomic E-state index is -0.729. The summed E-state index contributed by atoms with van der Waals surface area (Å²) in [5.41, 5.74) is 3.65. The SMILES string of the molecule is Cc1cccc(Oc2ccc(C3CN(CCC(=O)O)CCS3)cc2)c1C. The Labute approximate surface area is 159 Å². The highest BCUT2D eigenvalue weighted by molar-refractivity contribution is 7.99. The molecule has 1 aliphatic heterocycles. The summed E-state index contributed by atoms with van der Waals surface area (Å²) in [6.45, 7) is 6.64. The Morgan fingerprint density at radius 1 is 1.23 bits per heavy atom. The van der Waals surface area contributed by atoms with Crippen molar-refractivity contribution in [2.24, 2.45) is 0 Å². The Morgan fingerprint density at radius 2 is 2.00 bits per heavy atom. The quantitative estimate of drug-likeness (QED) is 0.800. The van der Waals surface area contributed by atoms with Gasteiger partial charge in [0, 0.05) is 30.6 Å². The zero-order valence-corrected chi connectivity index (χ0v) is 16.1.